The molecule has 0 aliphatic carbocycles. The Hall–Kier alpha value is -3.84. The summed E-state index contributed by atoms with van der Waals surface area (Å²) < 4.78 is 13.2. The summed E-state index contributed by atoms with van der Waals surface area (Å²) in [7, 11) is 0. The summed E-state index contributed by atoms with van der Waals surface area (Å²) in [6.07, 6.45) is -0.523. The van der Waals surface area contributed by atoms with Gasteiger partial charge in [0.25, 0.3) is 11.8 Å². The molecule has 6 nitrogen and oxygen atoms in total. The van der Waals surface area contributed by atoms with Crippen LogP contribution in [0, 0.1) is 11.7 Å². The Morgan fingerprint density at radius 1 is 0.868 bits per heavy atom. The van der Waals surface area contributed by atoms with E-state index in [-0.39, 0.29) is 30.6 Å². The molecule has 0 bridgehead atoms. The molecule has 0 radical (unpaired) electrons. The van der Waals surface area contributed by atoms with Gasteiger partial charge in [-0.2, -0.15) is 0 Å². The molecular weight excluding hydrogens is 485 g/mol. The van der Waals surface area contributed by atoms with Gasteiger partial charge in [-0.05, 0) is 71.2 Å². The van der Waals surface area contributed by atoms with Crippen molar-refractivity contribution in [2.45, 2.75) is 51.6 Å². The second kappa shape index (κ2) is 10.9. The molecule has 7 heteroatoms. The van der Waals surface area contributed by atoms with Gasteiger partial charge in [-0.15, -0.1) is 0 Å². The molecule has 2 N–H and O–H groups in total. The van der Waals surface area contributed by atoms with Gasteiger partial charge >= 0.3 is 5.97 Å². The lowest BCUT2D eigenvalue weighted by molar-refractivity contribution is -0.146. The molecule has 3 aromatic carbocycles. The Morgan fingerprint density at radius 3 is 2.03 bits per heavy atom. The number of rotatable bonds is 9. The normalized spacial score (nSPS) is 14.9. The largest absolute Gasteiger partial charge is 0.481 e. The Kier molecular flexibility index (Phi) is 7.78. The van der Waals surface area contributed by atoms with Crippen molar-refractivity contribution >= 4 is 17.8 Å². The highest BCUT2D eigenvalue weighted by Gasteiger charge is 2.37. The summed E-state index contributed by atoms with van der Waals surface area (Å²) in [5, 5.41) is 20.5. The standard InChI is InChI=1S/C31H32FNO5/c1-31(2,3)22-11-14-24-26(18-22)29(36)33(28(24)35)17-16-25(30(37)38)27(34)15-6-19-4-7-20(8-5-19)21-9-12-23(32)13-10-21/h4-5,7-14,18,25,27,34H,6,15-17H2,1-3H3,(H,37,38)/t25-,27?/m1/s1. The molecule has 198 valence electrons. The third-order valence-corrected chi connectivity index (χ3v) is 7.14. The van der Waals surface area contributed by atoms with E-state index in [4.69, 9.17) is 0 Å². The van der Waals surface area contributed by atoms with Crippen LogP contribution in [0.4, 0.5) is 4.39 Å². The number of aliphatic hydroxyl groups excluding tert-OH is 1. The van der Waals surface area contributed by atoms with E-state index < -0.39 is 29.8 Å². The van der Waals surface area contributed by atoms with Crippen molar-refractivity contribution in [2.24, 2.45) is 5.92 Å². The summed E-state index contributed by atoms with van der Waals surface area (Å²) in [4.78, 5) is 38.8. The van der Waals surface area contributed by atoms with Gasteiger partial charge in [-0.3, -0.25) is 19.3 Å². The number of benzene rings is 3. The predicted octanol–water partition coefficient (Wildman–Crippen LogP) is 5.47. The SMILES string of the molecule is CC(C)(C)c1ccc2c(c1)C(=O)N(CC[C@@H](C(=O)O)C(O)CCc1ccc(-c3ccc(F)cc3)cc1)C2=O. The number of nitrogens with zero attached hydrogens (tertiary/aromatic N) is 1. The molecule has 0 saturated heterocycles. The van der Waals surface area contributed by atoms with Crippen molar-refractivity contribution in [3.05, 3.63) is 94.8 Å². The smallest absolute Gasteiger partial charge is 0.309 e. The quantitative estimate of drug-likeness (QED) is 0.367. The number of hydrogen-bond acceptors (Lipinski definition) is 4. The zero-order valence-electron chi connectivity index (χ0n) is 21.8. The number of carbonyl (C=O) groups excluding carboxylic acids is 2. The molecule has 2 amide bonds. The van der Waals surface area contributed by atoms with E-state index in [9.17, 15) is 29.0 Å². The van der Waals surface area contributed by atoms with E-state index in [0.717, 1.165) is 27.2 Å². The average molecular weight is 518 g/mol. The molecule has 38 heavy (non-hydrogen) atoms. The van der Waals surface area contributed by atoms with Crippen molar-refractivity contribution in [3.8, 4) is 11.1 Å². The molecule has 1 unspecified atom stereocenters. The van der Waals surface area contributed by atoms with Crippen LogP contribution >= 0.6 is 0 Å². The second-order valence-electron chi connectivity index (χ2n) is 10.8. The Bertz CT molecular complexity index is 1340. The van der Waals surface area contributed by atoms with Gasteiger partial charge in [0.2, 0.25) is 0 Å². The van der Waals surface area contributed by atoms with Gasteiger partial charge in [0.1, 0.15) is 5.82 Å². The van der Waals surface area contributed by atoms with Crippen molar-refractivity contribution in [3.63, 3.8) is 0 Å². The number of aliphatic hydroxyl groups is 1. The third-order valence-electron chi connectivity index (χ3n) is 7.14. The van der Waals surface area contributed by atoms with Crippen LogP contribution < -0.4 is 0 Å². The van der Waals surface area contributed by atoms with E-state index in [0.29, 0.717) is 17.5 Å². The lowest BCUT2D eigenvalue weighted by Gasteiger charge is -2.22. The number of carboxylic acid groups (broad SMARTS) is 1. The first-order chi connectivity index (χ1) is 18.0. The van der Waals surface area contributed by atoms with Gasteiger partial charge in [0.05, 0.1) is 23.1 Å². The topological polar surface area (TPSA) is 94.9 Å². The molecule has 2 atom stereocenters. The van der Waals surface area contributed by atoms with Crippen molar-refractivity contribution in [1.29, 1.82) is 0 Å². The molecule has 1 heterocycles. The van der Waals surface area contributed by atoms with Crippen LogP contribution in [0.2, 0.25) is 0 Å². The van der Waals surface area contributed by atoms with Gasteiger partial charge in [0.15, 0.2) is 0 Å². The molecule has 1 aliphatic heterocycles. The van der Waals surface area contributed by atoms with Crippen LogP contribution in [0.1, 0.15) is 65.5 Å². The van der Waals surface area contributed by atoms with Gasteiger partial charge in [-0.1, -0.05) is 63.2 Å². The summed E-state index contributed by atoms with van der Waals surface area (Å²) >= 11 is 0. The maximum atomic E-state index is 13.2. The Balaban J connectivity index is 1.36. The lowest BCUT2D eigenvalue weighted by atomic mass is 9.85. The van der Waals surface area contributed by atoms with Crippen molar-refractivity contribution < 1.29 is 29.0 Å². The minimum absolute atomic E-state index is 0.0440. The van der Waals surface area contributed by atoms with E-state index in [2.05, 4.69) is 0 Å². The number of hydrogen-bond donors (Lipinski definition) is 2. The van der Waals surface area contributed by atoms with E-state index in [1.165, 1.54) is 12.1 Å². The Labute approximate surface area is 221 Å². The molecule has 1 aliphatic rings. The van der Waals surface area contributed by atoms with E-state index in [1.807, 2.05) is 51.1 Å². The van der Waals surface area contributed by atoms with Crippen molar-refractivity contribution in [1.82, 2.24) is 4.90 Å². The Morgan fingerprint density at radius 2 is 1.45 bits per heavy atom. The van der Waals surface area contributed by atoms with E-state index >= 15 is 0 Å². The number of amides is 2. The fourth-order valence-electron chi connectivity index (χ4n) is 4.73. The molecular formula is C31H32FNO5. The highest BCUT2D eigenvalue weighted by Crippen LogP contribution is 2.30. The van der Waals surface area contributed by atoms with Crippen LogP contribution in [0.3, 0.4) is 0 Å². The number of carboxylic acids is 1. The van der Waals surface area contributed by atoms with Gasteiger partial charge in [0, 0.05) is 6.54 Å². The fourth-order valence-corrected chi connectivity index (χ4v) is 4.73. The number of imide groups is 1. The first-order valence-corrected chi connectivity index (χ1v) is 12.7. The molecule has 0 saturated carbocycles. The number of fused-ring (bicyclic) bond motifs is 1. The molecule has 0 fully saturated rings. The maximum absolute atomic E-state index is 13.2. The lowest BCUT2D eigenvalue weighted by Crippen LogP contribution is -2.36. The van der Waals surface area contributed by atoms with Crippen LogP contribution in [0.5, 0.6) is 0 Å². The molecule has 3 aromatic rings. The summed E-state index contributed by atoms with van der Waals surface area (Å²) in [5.74, 6) is -3.47. The van der Waals surface area contributed by atoms with Gasteiger partial charge < -0.3 is 10.2 Å². The number of aliphatic carboxylic acids is 1. The third kappa shape index (κ3) is 5.83. The average Bonchev–Trinajstić information content (AvgIpc) is 3.12. The first-order valence-electron chi connectivity index (χ1n) is 12.7. The fraction of sp³-hybridized carbons (Fsp3) is 0.323. The number of halogens is 1. The summed E-state index contributed by atoms with van der Waals surface area (Å²) in [5.41, 5.74) is 4.13. The molecule has 0 aromatic heterocycles. The monoisotopic (exact) mass is 517 g/mol. The highest BCUT2D eigenvalue weighted by atomic mass is 19.1. The highest BCUT2D eigenvalue weighted by molar-refractivity contribution is 6.21. The zero-order chi connectivity index (χ0) is 27.6. The minimum Gasteiger partial charge on any atom is -0.481 e. The number of aryl methyl sites for hydroxylation is 1. The summed E-state index contributed by atoms with van der Waals surface area (Å²) in [6, 6.07) is 19.0. The van der Waals surface area contributed by atoms with Crippen LogP contribution in [-0.4, -0.2) is 45.5 Å². The second-order valence-corrected chi connectivity index (χ2v) is 10.8. The summed E-state index contributed by atoms with van der Waals surface area (Å²) in [6.45, 7) is 5.98. The van der Waals surface area contributed by atoms with Crippen LogP contribution in [0.25, 0.3) is 11.1 Å². The van der Waals surface area contributed by atoms with Crippen LogP contribution in [-0.2, 0) is 16.6 Å². The maximum Gasteiger partial charge on any atom is 0.309 e. The van der Waals surface area contributed by atoms with Gasteiger partial charge in [-0.25, -0.2) is 4.39 Å². The molecule has 0 spiro atoms. The first kappa shape index (κ1) is 27.2. The predicted molar refractivity (Wildman–Crippen MR) is 142 cm³/mol. The zero-order valence-corrected chi connectivity index (χ0v) is 21.8. The van der Waals surface area contributed by atoms with E-state index in [1.54, 1.807) is 24.3 Å². The number of carbonyl (C=O) groups is 3. The van der Waals surface area contributed by atoms with Crippen LogP contribution in [0.15, 0.2) is 66.7 Å². The van der Waals surface area contributed by atoms with Crippen molar-refractivity contribution in [2.75, 3.05) is 6.54 Å². The minimum atomic E-state index is -1.17. The molecule has 4 rings (SSSR count).